The highest BCUT2D eigenvalue weighted by Crippen LogP contribution is 2.24. The van der Waals surface area contributed by atoms with Crippen LogP contribution in [0.1, 0.15) is 5.69 Å². The van der Waals surface area contributed by atoms with Crippen LogP contribution in [0.5, 0.6) is 6.01 Å². The second-order valence-electron chi connectivity index (χ2n) is 1.97. The lowest BCUT2D eigenvalue weighted by Gasteiger charge is -2.04. The highest BCUT2D eigenvalue weighted by atomic mass is 79.9. The van der Waals surface area contributed by atoms with Crippen LogP contribution in [0.4, 0.5) is 0 Å². The van der Waals surface area contributed by atoms with Crippen molar-refractivity contribution in [3.05, 3.63) is 15.3 Å². The van der Waals surface area contributed by atoms with E-state index in [1.54, 1.807) is 0 Å². The topological polar surface area (TPSA) is 61.0 Å². The van der Waals surface area contributed by atoms with E-state index >= 15 is 0 Å². The zero-order valence-corrected chi connectivity index (χ0v) is 8.68. The molecule has 0 aliphatic rings. The zero-order valence-electron chi connectivity index (χ0n) is 6.34. The molecule has 0 saturated carbocycles. The molecule has 0 bridgehead atoms. The molecule has 0 amide bonds. The van der Waals surface area contributed by atoms with Crippen LogP contribution >= 0.6 is 27.5 Å². The average Bonchev–Trinajstić information content (AvgIpc) is 2.09. The molecule has 12 heavy (non-hydrogen) atoms. The average molecular weight is 252 g/mol. The Morgan fingerprint density at radius 1 is 1.58 bits per heavy atom. The fraction of sp³-hybridized carbons (Fsp3) is 0.333. The molecule has 0 aliphatic carbocycles. The summed E-state index contributed by atoms with van der Waals surface area (Å²) in [5.74, 6) is 0. The molecular formula is C6H7BrClN3O. The quantitative estimate of drug-likeness (QED) is 0.808. The summed E-state index contributed by atoms with van der Waals surface area (Å²) >= 11 is 8.95. The number of nitrogens with zero attached hydrogens (tertiary/aromatic N) is 2. The van der Waals surface area contributed by atoms with Crippen molar-refractivity contribution in [1.29, 1.82) is 0 Å². The largest absolute Gasteiger partial charge is 0.467 e. The van der Waals surface area contributed by atoms with Gasteiger partial charge in [-0.2, -0.15) is 9.97 Å². The van der Waals surface area contributed by atoms with Crippen molar-refractivity contribution < 1.29 is 4.74 Å². The van der Waals surface area contributed by atoms with Gasteiger partial charge in [-0.3, -0.25) is 0 Å². The fourth-order valence-electron chi connectivity index (χ4n) is 0.668. The third-order valence-corrected chi connectivity index (χ3v) is 2.57. The molecule has 1 heterocycles. The first kappa shape index (κ1) is 9.70. The van der Waals surface area contributed by atoms with E-state index in [1.807, 2.05) is 0 Å². The van der Waals surface area contributed by atoms with E-state index in [9.17, 15) is 0 Å². The second kappa shape index (κ2) is 4.02. The summed E-state index contributed by atoms with van der Waals surface area (Å²) in [6.45, 7) is 0.291. The second-order valence-corrected chi connectivity index (χ2v) is 3.12. The van der Waals surface area contributed by atoms with E-state index < -0.39 is 0 Å². The molecule has 1 aromatic heterocycles. The van der Waals surface area contributed by atoms with Crippen LogP contribution in [0.2, 0.25) is 5.15 Å². The molecule has 1 rings (SSSR count). The first-order valence-electron chi connectivity index (χ1n) is 3.15. The molecule has 0 aliphatic heterocycles. The van der Waals surface area contributed by atoms with E-state index in [1.165, 1.54) is 7.11 Å². The summed E-state index contributed by atoms with van der Waals surface area (Å²) in [5.41, 5.74) is 6.04. The number of hydrogen-bond acceptors (Lipinski definition) is 4. The Kier molecular flexibility index (Phi) is 3.25. The standard InChI is InChI=1S/C6H7BrClN3O/c1-12-6-10-3(2-9)4(7)5(8)11-6/h2,9H2,1H3. The summed E-state index contributed by atoms with van der Waals surface area (Å²) in [6, 6.07) is 0.226. The molecule has 0 fully saturated rings. The van der Waals surface area contributed by atoms with Crippen LogP contribution < -0.4 is 10.5 Å². The van der Waals surface area contributed by atoms with Crippen molar-refractivity contribution in [2.24, 2.45) is 5.73 Å². The Labute approximate surface area is 83.2 Å². The maximum atomic E-state index is 5.74. The highest BCUT2D eigenvalue weighted by Gasteiger charge is 2.08. The molecule has 0 atom stereocenters. The normalized spacial score (nSPS) is 10.0. The van der Waals surface area contributed by atoms with Crippen molar-refractivity contribution in [1.82, 2.24) is 9.97 Å². The van der Waals surface area contributed by atoms with Crippen LogP contribution in [-0.2, 0) is 6.54 Å². The van der Waals surface area contributed by atoms with E-state index in [2.05, 4.69) is 25.9 Å². The Hall–Kier alpha value is -0.390. The van der Waals surface area contributed by atoms with E-state index in [0.29, 0.717) is 21.9 Å². The highest BCUT2D eigenvalue weighted by molar-refractivity contribution is 9.10. The summed E-state index contributed by atoms with van der Waals surface area (Å²) in [6.07, 6.45) is 0. The minimum Gasteiger partial charge on any atom is -0.467 e. The molecule has 0 radical (unpaired) electrons. The number of nitrogens with two attached hydrogens (primary N) is 1. The van der Waals surface area contributed by atoms with Gasteiger partial charge in [-0.15, -0.1) is 0 Å². The number of hydrogen-bond donors (Lipinski definition) is 1. The Morgan fingerprint density at radius 2 is 2.25 bits per heavy atom. The van der Waals surface area contributed by atoms with Gasteiger partial charge in [0, 0.05) is 6.54 Å². The first-order valence-corrected chi connectivity index (χ1v) is 4.32. The predicted octanol–water partition coefficient (Wildman–Crippen LogP) is 1.36. The monoisotopic (exact) mass is 251 g/mol. The number of ether oxygens (including phenoxy) is 1. The number of methoxy groups -OCH3 is 1. The predicted molar refractivity (Wildman–Crippen MR) is 49.2 cm³/mol. The summed E-state index contributed by atoms with van der Waals surface area (Å²) < 4.78 is 5.43. The summed E-state index contributed by atoms with van der Waals surface area (Å²) in [7, 11) is 1.47. The third-order valence-electron chi connectivity index (χ3n) is 1.23. The van der Waals surface area contributed by atoms with Gasteiger partial charge in [-0.25, -0.2) is 0 Å². The van der Waals surface area contributed by atoms with Crippen molar-refractivity contribution in [3.8, 4) is 6.01 Å². The lowest BCUT2D eigenvalue weighted by molar-refractivity contribution is 0.377. The van der Waals surface area contributed by atoms with E-state index in [-0.39, 0.29) is 6.01 Å². The summed E-state index contributed by atoms with van der Waals surface area (Å²) in [5, 5.41) is 0.308. The molecule has 0 unspecified atom stereocenters. The van der Waals surface area contributed by atoms with Gasteiger partial charge in [-0.1, -0.05) is 11.6 Å². The molecular weight excluding hydrogens is 245 g/mol. The van der Waals surface area contributed by atoms with Gasteiger partial charge in [-0.05, 0) is 15.9 Å². The molecule has 66 valence electrons. The van der Waals surface area contributed by atoms with Gasteiger partial charge in [0.1, 0.15) is 0 Å². The third kappa shape index (κ3) is 1.85. The molecule has 0 aromatic carbocycles. The molecule has 0 saturated heterocycles. The summed E-state index contributed by atoms with van der Waals surface area (Å²) in [4.78, 5) is 7.81. The van der Waals surface area contributed by atoms with Crippen LogP contribution in [0.25, 0.3) is 0 Å². The van der Waals surface area contributed by atoms with Crippen molar-refractivity contribution in [3.63, 3.8) is 0 Å². The van der Waals surface area contributed by atoms with Crippen LogP contribution in [0, 0.1) is 0 Å². The lowest BCUT2D eigenvalue weighted by Crippen LogP contribution is -2.04. The minimum atomic E-state index is 0.226. The van der Waals surface area contributed by atoms with Crippen molar-refractivity contribution in [2.75, 3.05) is 7.11 Å². The van der Waals surface area contributed by atoms with E-state index in [0.717, 1.165) is 0 Å². The Balaban J connectivity index is 3.19. The maximum Gasteiger partial charge on any atom is 0.317 e. The van der Waals surface area contributed by atoms with Gasteiger partial charge < -0.3 is 10.5 Å². The molecule has 4 nitrogen and oxygen atoms in total. The molecule has 1 aromatic rings. The van der Waals surface area contributed by atoms with Crippen LogP contribution in [0.15, 0.2) is 4.47 Å². The van der Waals surface area contributed by atoms with Gasteiger partial charge in [0.05, 0.1) is 17.3 Å². The van der Waals surface area contributed by atoms with Crippen LogP contribution in [-0.4, -0.2) is 17.1 Å². The van der Waals surface area contributed by atoms with Gasteiger partial charge in [0.15, 0.2) is 5.15 Å². The SMILES string of the molecule is COc1nc(Cl)c(Br)c(CN)n1. The van der Waals surface area contributed by atoms with Gasteiger partial charge >= 0.3 is 6.01 Å². The smallest absolute Gasteiger partial charge is 0.317 e. The van der Waals surface area contributed by atoms with E-state index in [4.69, 9.17) is 22.1 Å². The van der Waals surface area contributed by atoms with Crippen molar-refractivity contribution in [2.45, 2.75) is 6.54 Å². The number of halogens is 2. The van der Waals surface area contributed by atoms with Crippen molar-refractivity contribution >= 4 is 27.5 Å². The first-order chi connectivity index (χ1) is 5.69. The Bertz CT molecular complexity index is 294. The minimum absolute atomic E-state index is 0.226. The molecule has 6 heteroatoms. The van der Waals surface area contributed by atoms with Gasteiger partial charge in [0.2, 0.25) is 0 Å². The van der Waals surface area contributed by atoms with Crippen LogP contribution in [0.3, 0.4) is 0 Å². The number of rotatable bonds is 2. The zero-order chi connectivity index (χ0) is 9.14. The fourth-order valence-corrected chi connectivity index (χ4v) is 1.19. The Morgan fingerprint density at radius 3 is 2.75 bits per heavy atom. The lowest BCUT2D eigenvalue weighted by atomic mass is 10.4. The van der Waals surface area contributed by atoms with Gasteiger partial charge in [0.25, 0.3) is 0 Å². The molecule has 2 N–H and O–H groups in total. The maximum absolute atomic E-state index is 5.74. The number of aromatic nitrogens is 2. The molecule has 0 spiro atoms.